The van der Waals surface area contributed by atoms with Crippen molar-refractivity contribution >= 4 is 14.8 Å². The molecule has 1 radical (unpaired) electrons. The molecule has 0 unspecified atom stereocenters. The molecule has 0 spiro atoms. The Morgan fingerprint density at radius 1 is 1.15 bits per heavy atom. The van der Waals surface area contributed by atoms with E-state index < -0.39 is 9.04 Å². The van der Waals surface area contributed by atoms with E-state index in [9.17, 15) is 4.79 Å². The number of aryl methyl sites for hydroxylation is 1. The Hall–Kier alpha value is -0.933. The third kappa shape index (κ3) is 3.25. The zero-order chi connectivity index (χ0) is 19.4. The fourth-order valence-corrected chi connectivity index (χ4v) is 6.72. The van der Waals surface area contributed by atoms with Gasteiger partial charge in [-0.25, -0.2) is 0 Å². The van der Waals surface area contributed by atoms with Crippen molar-refractivity contribution < 1.29 is 9.22 Å². The first-order valence-electron chi connectivity index (χ1n) is 10.8. The third-order valence-electron chi connectivity index (χ3n) is 7.66. The van der Waals surface area contributed by atoms with E-state index in [1.165, 1.54) is 18.4 Å². The van der Waals surface area contributed by atoms with Crippen LogP contribution < -0.4 is 0 Å². The molecule has 0 aliphatic heterocycles. The molecule has 0 bridgehead atoms. The molecule has 0 N–H and O–H groups in total. The largest absolute Gasteiger partial charge is 0.416 e. The number of benzene rings is 1. The van der Waals surface area contributed by atoms with Crippen LogP contribution in [0, 0.1) is 17.3 Å². The zero-order valence-electron chi connectivity index (χ0n) is 17.7. The molecule has 3 aliphatic carbocycles. The van der Waals surface area contributed by atoms with Crippen LogP contribution in [-0.4, -0.2) is 21.4 Å². The van der Waals surface area contributed by atoms with E-state index in [1.54, 1.807) is 11.1 Å². The predicted molar refractivity (Wildman–Crippen MR) is 113 cm³/mol. The summed E-state index contributed by atoms with van der Waals surface area (Å²) in [7, 11) is -0.747. The van der Waals surface area contributed by atoms with Crippen molar-refractivity contribution in [1.82, 2.24) is 0 Å². The van der Waals surface area contributed by atoms with Crippen molar-refractivity contribution in [2.75, 3.05) is 6.61 Å². The average molecular weight is 384 g/mol. The van der Waals surface area contributed by atoms with Gasteiger partial charge in [-0.1, -0.05) is 39.0 Å². The van der Waals surface area contributed by atoms with E-state index in [4.69, 9.17) is 4.43 Å². The van der Waals surface area contributed by atoms with Gasteiger partial charge in [-0.05, 0) is 85.1 Å². The van der Waals surface area contributed by atoms with Gasteiger partial charge < -0.3 is 4.43 Å². The maximum Gasteiger partial charge on any atom is 0.204 e. The lowest BCUT2D eigenvalue weighted by Crippen LogP contribution is -2.47. The van der Waals surface area contributed by atoms with Gasteiger partial charge in [-0.3, -0.25) is 4.79 Å². The quantitative estimate of drug-likeness (QED) is 0.630. The summed E-state index contributed by atoms with van der Waals surface area (Å²) in [6.45, 7) is 12.0. The lowest BCUT2D eigenvalue weighted by atomic mass is 9.55. The Labute approximate surface area is 166 Å². The van der Waals surface area contributed by atoms with Crippen LogP contribution >= 0.6 is 0 Å². The summed E-state index contributed by atoms with van der Waals surface area (Å²) in [4.78, 5) is 12.9. The summed E-state index contributed by atoms with van der Waals surface area (Å²) in [5, 5.41) is 0. The summed E-state index contributed by atoms with van der Waals surface area (Å²) in [6.07, 6.45) is 6.50. The highest BCUT2D eigenvalue weighted by atomic mass is 28.3. The molecule has 2 nitrogen and oxygen atoms in total. The van der Waals surface area contributed by atoms with Crippen LogP contribution in [0.15, 0.2) is 18.2 Å². The lowest BCUT2D eigenvalue weighted by molar-refractivity contribution is -0.133. The Morgan fingerprint density at radius 2 is 1.93 bits per heavy atom. The Morgan fingerprint density at radius 3 is 2.63 bits per heavy atom. The second kappa shape index (κ2) is 6.84. The van der Waals surface area contributed by atoms with Crippen molar-refractivity contribution in [3.8, 4) is 0 Å². The molecule has 147 valence electrons. The number of Topliss-reactive ketones (excluding diaryl/α,β-unsaturated/α-hetero) is 1. The zero-order valence-corrected chi connectivity index (χ0v) is 18.7. The fraction of sp³-hybridized carbons (Fsp3) is 0.708. The van der Waals surface area contributed by atoms with Crippen LogP contribution in [0.2, 0.25) is 13.1 Å². The maximum absolute atomic E-state index is 12.9. The van der Waals surface area contributed by atoms with Crippen LogP contribution in [-0.2, 0) is 21.1 Å². The molecule has 0 heterocycles. The smallest absolute Gasteiger partial charge is 0.204 e. The Kier molecular flexibility index (Phi) is 4.91. The molecular weight excluding hydrogens is 348 g/mol. The van der Waals surface area contributed by atoms with Crippen molar-refractivity contribution in [2.24, 2.45) is 17.3 Å². The molecular formula is C24H35O2Si. The van der Waals surface area contributed by atoms with Crippen LogP contribution in [0.5, 0.6) is 0 Å². The third-order valence-corrected chi connectivity index (χ3v) is 8.38. The van der Waals surface area contributed by atoms with Crippen molar-refractivity contribution in [1.29, 1.82) is 0 Å². The molecule has 0 amide bonds. The number of carbonyl (C=O) groups excluding carboxylic acids is 1. The number of carbonyl (C=O) groups is 1. The Bertz CT molecular complexity index is 732. The van der Waals surface area contributed by atoms with Crippen LogP contribution in [0.1, 0.15) is 75.5 Å². The van der Waals surface area contributed by atoms with Gasteiger partial charge in [0, 0.05) is 13.0 Å². The molecule has 0 saturated heterocycles. The predicted octanol–water partition coefficient (Wildman–Crippen LogP) is 5.66. The van der Waals surface area contributed by atoms with Gasteiger partial charge in [0.25, 0.3) is 0 Å². The highest BCUT2D eigenvalue weighted by molar-refractivity contribution is 6.48. The van der Waals surface area contributed by atoms with Crippen molar-refractivity contribution in [3.05, 3.63) is 34.9 Å². The molecule has 1 aromatic rings. The van der Waals surface area contributed by atoms with Gasteiger partial charge in [-0.2, -0.15) is 0 Å². The minimum absolute atomic E-state index is 0.161. The molecule has 3 aliphatic rings. The normalized spacial score (nSPS) is 33.0. The molecule has 2 fully saturated rings. The van der Waals surface area contributed by atoms with Crippen molar-refractivity contribution in [3.63, 3.8) is 0 Å². The second-order valence-electron chi connectivity index (χ2n) is 10.4. The monoisotopic (exact) mass is 383 g/mol. The summed E-state index contributed by atoms with van der Waals surface area (Å²) in [5.74, 6) is 2.37. The summed E-state index contributed by atoms with van der Waals surface area (Å²) >= 11 is 0. The van der Waals surface area contributed by atoms with Gasteiger partial charge >= 0.3 is 0 Å². The van der Waals surface area contributed by atoms with Crippen molar-refractivity contribution in [2.45, 2.75) is 83.7 Å². The molecule has 27 heavy (non-hydrogen) atoms. The molecule has 1 aromatic carbocycles. The standard InChI is InChI=1S/C24H35O2Si/c1-23(2,3)17-7-9-18-16(14-17)6-8-20-19(18)12-13-24(15-26-27(4)5)21(20)10-11-22(24)25/h7,9,14,19-21H,6,8,10-13,15H2,1-5H3/t19-,20-,21+,24-/m1/s1. The van der Waals surface area contributed by atoms with E-state index in [0.29, 0.717) is 30.1 Å². The van der Waals surface area contributed by atoms with E-state index in [-0.39, 0.29) is 10.8 Å². The highest BCUT2D eigenvalue weighted by Gasteiger charge is 2.57. The van der Waals surface area contributed by atoms with Crippen LogP contribution in [0.25, 0.3) is 0 Å². The van der Waals surface area contributed by atoms with Gasteiger partial charge in [0.05, 0.1) is 5.41 Å². The Balaban J connectivity index is 1.63. The fourth-order valence-electron chi connectivity index (χ4n) is 6.17. The van der Waals surface area contributed by atoms with Crippen LogP contribution in [0.3, 0.4) is 0 Å². The molecule has 2 saturated carbocycles. The van der Waals surface area contributed by atoms with E-state index in [2.05, 4.69) is 52.1 Å². The highest BCUT2D eigenvalue weighted by Crippen LogP contribution is 2.60. The first kappa shape index (κ1) is 19.4. The topological polar surface area (TPSA) is 26.3 Å². The molecule has 4 atom stereocenters. The average Bonchev–Trinajstić information content (AvgIpc) is 2.95. The molecule has 4 rings (SSSR count). The van der Waals surface area contributed by atoms with Gasteiger partial charge in [0.1, 0.15) is 5.78 Å². The van der Waals surface area contributed by atoms with Gasteiger partial charge in [0.2, 0.25) is 9.04 Å². The van der Waals surface area contributed by atoms with Crippen LogP contribution in [0.4, 0.5) is 0 Å². The summed E-state index contributed by atoms with van der Waals surface area (Å²) in [6, 6.07) is 7.25. The molecule has 0 aromatic heterocycles. The minimum Gasteiger partial charge on any atom is -0.416 e. The minimum atomic E-state index is -0.747. The maximum atomic E-state index is 12.9. The van der Waals surface area contributed by atoms with E-state index in [1.807, 2.05) is 0 Å². The first-order valence-corrected chi connectivity index (χ1v) is 13.2. The lowest BCUT2D eigenvalue weighted by Gasteiger charge is -2.49. The van der Waals surface area contributed by atoms with Gasteiger partial charge in [0.15, 0.2) is 0 Å². The summed E-state index contributed by atoms with van der Waals surface area (Å²) < 4.78 is 6.14. The SMILES string of the molecule is C[Si](C)OC[C@]12CC[C@@H]3c4ccc(C(C)(C)C)cc4CC[C@H]3[C@@H]1CCC2=O. The number of ketones is 1. The first-order chi connectivity index (χ1) is 12.7. The van der Waals surface area contributed by atoms with E-state index >= 15 is 0 Å². The number of hydrogen-bond donors (Lipinski definition) is 0. The number of rotatable bonds is 3. The second-order valence-corrected chi connectivity index (χ2v) is 12.5. The van der Waals surface area contributed by atoms with Gasteiger partial charge in [-0.15, -0.1) is 0 Å². The van der Waals surface area contributed by atoms with E-state index in [0.717, 1.165) is 25.7 Å². The number of hydrogen-bond acceptors (Lipinski definition) is 2. The summed E-state index contributed by atoms with van der Waals surface area (Å²) in [5.41, 5.74) is 4.66. The number of fused-ring (bicyclic) bond motifs is 5. The molecule has 3 heteroatoms.